The van der Waals surface area contributed by atoms with Crippen LogP contribution in [-0.4, -0.2) is 13.7 Å². The summed E-state index contributed by atoms with van der Waals surface area (Å²) in [6.07, 6.45) is 2.67. The van der Waals surface area contributed by atoms with Crippen LogP contribution in [0.5, 0.6) is 11.5 Å². The summed E-state index contributed by atoms with van der Waals surface area (Å²) in [4.78, 5) is 0. The molecule has 0 aromatic heterocycles. The molecule has 0 bridgehead atoms. The molecule has 1 aromatic rings. The molecule has 0 fully saturated rings. The van der Waals surface area contributed by atoms with Crippen molar-refractivity contribution in [2.45, 2.75) is 39.7 Å². The smallest absolute Gasteiger partial charge is 0.165 e. The number of benzene rings is 1. The third kappa shape index (κ3) is 5.45. The molecule has 0 saturated carbocycles. The van der Waals surface area contributed by atoms with E-state index in [4.69, 9.17) is 32.1 Å². The summed E-state index contributed by atoms with van der Waals surface area (Å²) in [5, 5.41) is 9.55. The van der Waals surface area contributed by atoms with Gasteiger partial charge in [-0.15, -0.1) is 0 Å². The van der Waals surface area contributed by atoms with Gasteiger partial charge in [0.05, 0.1) is 25.2 Å². The zero-order valence-corrected chi connectivity index (χ0v) is 13.7. The van der Waals surface area contributed by atoms with E-state index in [1.165, 1.54) is 0 Å². The number of nitrogens with zero attached hydrogens (tertiary/aromatic N) is 1. The fourth-order valence-corrected chi connectivity index (χ4v) is 2.22. The maximum Gasteiger partial charge on any atom is 0.165 e. The van der Waals surface area contributed by atoms with Gasteiger partial charge in [0.15, 0.2) is 11.5 Å². The third-order valence-electron chi connectivity index (χ3n) is 3.28. The van der Waals surface area contributed by atoms with E-state index in [1.807, 2.05) is 13.8 Å². The molecule has 0 aliphatic rings. The monoisotopic (exact) mass is 310 g/mol. The van der Waals surface area contributed by atoms with E-state index in [2.05, 4.69) is 6.07 Å². The van der Waals surface area contributed by atoms with Gasteiger partial charge in [0, 0.05) is 23.2 Å². The van der Waals surface area contributed by atoms with Gasteiger partial charge in [0.1, 0.15) is 0 Å². The minimum Gasteiger partial charge on any atom is -0.493 e. The van der Waals surface area contributed by atoms with Crippen molar-refractivity contribution in [3.63, 3.8) is 0 Å². The molecule has 5 heteroatoms. The Hall–Kier alpha value is -1.44. The lowest BCUT2D eigenvalue weighted by molar-refractivity contribution is 0.275. The summed E-state index contributed by atoms with van der Waals surface area (Å²) in [5.74, 6) is 1.25. The lowest BCUT2D eigenvalue weighted by atomic mass is 9.89. The van der Waals surface area contributed by atoms with E-state index in [0.29, 0.717) is 29.7 Å². The number of ether oxygens (including phenoxy) is 2. The van der Waals surface area contributed by atoms with Crippen LogP contribution in [0.3, 0.4) is 0 Å². The fraction of sp³-hybridized carbons (Fsp3) is 0.562. The highest BCUT2D eigenvalue weighted by molar-refractivity contribution is 6.30. The highest BCUT2D eigenvalue weighted by Crippen LogP contribution is 2.34. The van der Waals surface area contributed by atoms with Crippen molar-refractivity contribution in [2.75, 3.05) is 13.7 Å². The molecule has 0 spiro atoms. The van der Waals surface area contributed by atoms with Gasteiger partial charge in [-0.05, 0) is 39.2 Å². The van der Waals surface area contributed by atoms with Crippen LogP contribution in [0.25, 0.3) is 0 Å². The van der Waals surface area contributed by atoms with Gasteiger partial charge in [0.2, 0.25) is 0 Å². The quantitative estimate of drug-likeness (QED) is 0.739. The Morgan fingerprint density at radius 2 is 2.05 bits per heavy atom. The van der Waals surface area contributed by atoms with E-state index >= 15 is 0 Å². The van der Waals surface area contributed by atoms with Gasteiger partial charge in [-0.3, -0.25) is 0 Å². The number of unbranched alkanes of at least 4 members (excludes halogenated alkanes) is 1. The maximum absolute atomic E-state index is 8.97. The molecule has 0 saturated heterocycles. The molecular weight excluding hydrogens is 288 g/mol. The molecule has 0 amide bonds. The Kier molecular flexibility index (Phi) is 6.80. The average Bonchev–Trinajstić information content (AvgIpc) is 2.47. The van der Waals surface area contributed by atoms with Crippen LogP contribution in [0.4, 0.5) is 0 Å². The SMILES string of the molecule is COc1cc(Cl)cc(CN)c1OCCCCC(C)(C)C#N. The lowest BCUT2D eigenvalue weighted by Crippen LogP contribution is -2.09. The lowest BCUT2D eigenvalue weighted by Gasteiger charge is -2.16. The first kappa shape index (κ1) is 17.6. The van der Waals surface area contributed by atoms with Crippen molar-refractivity contribution < 1.29 is 9.47 Å². The van der Waals surface area contributed by atoms with Crippen LogP contribution in [0.2, 0.25) is 5.02 Å². The second-order valence-corrected chi connectivity index (χ2v) is 6.04. The molecular formula is C16H23ClN2O2. The molecule has 0 aliphatic carbocycles. The molecule has 0 aliphatic heterocycles. The van der Waals surface area contributed by atoms with E-state index in [-0.39, 0.29) is 5.41 Å². The minimum atomic E-state index is -0.277. The first-order valence-electron chi connectivity index (χ1n) is 7.04. The Labute approximate surface area is 131 Å². The van der Waals surface area contributed by atoms with Crippen LogP contribution in [0.1, 0.15) is 38.7 Å². The zero-order chi connectivity index (χ0) is 15.9. The van der Waals surface area contributed by atoms with E-state index in [9.17, 15) is 0 Å². The molecule has 0 unspecified atom stereocenters. The van der Waals surface area contributed by atoms with Crippen LogP contribution in [0, 0.1) is 16.7 Å². The minimum absolute atomic E-state index is 0.277. The number of halogens is 1. The zero-order valence-electron chi connectivity index (χ0n) is 12.9. The predicted molar refractivity (Wildman–Crippen MR) is 84.6 cm³/mol. The number of hydrogen-bond donors (Lipinski definition) is 1. The number of hydrogen-bond acceptors (Lipinski definition) is 4. The number of nitriles is 1. The highest BCUT2D eigenvalue weighted by Gasteiger charge is 2.16. The fourth-order valence-electron chi connectivity index (χ4n) is 1.99. The van der Waals surface area contributed by atoms with Gasteiger partial charge in [-0.2, -0.15) is 5.26 Å². The normalized spacial score (nSPS) is 11.0. The molecule has 1 aromatic carbocycles. The third-order valence-corrected chi connectivity index (χ3v) is 3.50. The molecule has 0 heterocycles. The van der Waals surface area contributed by atoms with Crippen LogP contribution < -0.4 is 15.2 Å². The van der Waals surface area contributed by atoms with Crippen molar-refractivity contribution in [1.29, 1.82) is 5.26 Å². The van der Waals surface area contributed by atoms with Crippen LogP contribution in [0.15, 0.2) is 12.1 Å². The Morgan fingerprint density at radius 1 is 1.33 bits per heavy atom. The van der Waals surface area contributed by atoms with Crippen molar-refractivity contribution >= 4 is 11.6 Å². The largest absolute Gasteiger partial charge is 0.493 e. The van der Waals surface area contributed by atoms with Gasteiger partial charge in [-0.25, -0.2) is 0 Å². The molecule has 1 rings (SSSR count). The maximum atomic E-state index is 8.97. The molecule has 21 heavy (non-hydrogen) atoms. The van der Waals surface area contributed by atoms with E-state index in [0.717, 1.165) is 24.8 Å². The summed E-state index contributed by atoms with van der Waals surface area (Å²) >= 11 is 6.01. The summed E-state index contributed by atoms with van der Waals surface area (Å²) < 4.78 is 11.1. The van der Waals surface area contributed by atoms with Gasteiger partial charge in [0.25, 0.3) is 0 Å². The first-order valence-corrected chi connectivity index (χ1v) is 7.42. The number of nitrogens with two attached hydrogens (primary N) is 1. The van der Waals surface area contributed by atoms with E-state index in [1.54, 1.807) is 19.2 Å². The van der Waals surface area contributed by atoms with Crippen molar-refractivity contribution in [3.8, 4) is 17.6 Å². The molecule has 0 atom stereocenters. The topological polar surface area (TPSA) is 68.3 Å². The van der Waals surface area contributed by atoms with Gasteiger partial charge >= 0.3 is 0 Å². The Morgan fingerprint density at radius 3 is 2.62 bits per heavy atom. The first-order chi connectivity index (χ1) is 9.93. The average molecular weight is 311 g/mol. The summed E-state index contributed by atoms with van der Waals surface area (Å²) in [7, 11) is 1.58. The van der Waals surface area contributed by atoms with Crippen molar-refractivity contribution in [2.24, 2.45) is 11.1 Å². The van der Waals surface area contributed by atoms with Gasteiger partial charge in [-0.1, -0.05) is 11.6 Å². The second-order valence-electron chi connectivity index (χ2n) is 5.60. The summed E-state index contributed by atoms with van der Waals surface area (Å²) in [5.41, 5.74) is 6.27. The van der Waals surface area contributed by atoms with Crippen LogP contribution in [-0.2, 0) is 6.54 Å². The Balaban J connectivity index is 2.58. The molecule has 0 radical (unpaired) electrons. The van der Waals surface area contributed by atoms with Gasteiger partial charge < -0.3 is 15.2 Å². The summed E-state index contributed by atoms with van der Waals surface area (Å²) in [6, 6.07) is 5.81. The number of methoxy groups -OCH3 is 1. The Bertz CT molecular complexity index is 484. The second kappa shape index (κ2) is 8.11. The highest BCUT2D eigenvalue weighted by atomic mass is 35.5. The van der Waals surface area contributed by atoms with Crippen molar-refractivity contribution in [3.05, 3.63) is 22.7 Å². The molecule has 2 N–H and O–H groups in total. The molecule has 4 nitrogen and oxygen atoms in total. The van der Waals surface area contributed by atoms with E-state index < -0.39 is 0 Å². The number of rotatable bonds is 8. The summed E-state index contributed by atoms with van der Waals surface area (Å²) in [6.45, 7) is 4.80. The molecule has 116 valence electrons. The van der Waals surface area contributed by atoms with Crippen molar-refractivity contribution in [1.82, 2.24) is 0 Å². The van der Waals surface area contributed by atoms with Crippen LogP contribution >= 0.6 is 11.6 Å². The predicted octanol–water partition coefficient (Wildman–Crippen LogP) is 3.91. The standard InChI is InChI=1S/C16H23ClN2O2/c1-16(2,11-19)6-4-5-7-21-15-12(10-18)8-13(17)9-14(15)20-3/h8-9H,4-7,10,18H2,1-3H3.